The molecule has 1 aromatic carbocycles. The molecule has 1 aromatic rings. The average Bonchev–Trinajstić information content (AvgIpc) is 3.09. The van der Waals surface area contributed by atoms with Gasteiger partial charge in [-0.15, -0.1) is 0 Å². The van der Waals surface area contributed by atoms with Gasteiger partial charge in [0.25, 0.3) is 0 Å². The lowest BCUT2D eigenvalue weighted by Gasteiger charge is -2.30. The Morgan fingerprint density at radius 3 is 2.67 bits per heavy atom. The van der Waals surface area contributed by atoms with Gasteiger partial charge in [-0.1, -0.05) is 13.8 Å². The molecule has 2 aliphatic heterocycles. The van der Waals surface area contributed by atoms with Crippen molar-refractivity contribution in [3.8, 4) is 0 Å². The van der Waals surface area contributed by atoms with Crippen molar-refractivity contribution in [1.82, 2.24) is 9.62 Å². The van der Waals surface area contributed by atoms with Crippen molar-refractivity contribution in [3.63, 3.8) is 0 Å². The summed E-state index contributed by atoms with van der Waals surface area (Å²) in [5.41, 5.74) is 1.78. The quantitative estimate of drug-likeness (QED) is 0.722. The monoisotopic (exact) mass is 393 g/mol. The van der Waals surface area contributed by atoms with Gasteiger partial charge in [-0.05, 0) is 75.0 Å². The molecule has 7 heteroatoms. The zero-order valence-electron chi connectivity index (χ0n) is 16.4. The second kappa shape index (κ2) is 8.71. The smallest absolute Gasteiger partial charge is 0.240 e. The molecular weight excluding hydrogens is 362 g/mol. The summed E-state index contributed by atoms with van der Waals surface area (Å²) in [7, 11) is -3.51. The van der Waals surface area contributed by atoms with Crippen LogP contribution in [-0.4, -0.2) is 51.9 Å². The molecule has 2 heterocycles. The lowest BCUT2D eigenvalue weighted by molar-refractivity contribution is -0.118. The summed E-state index contributed by atoms with van der Waals surface area (Å²) in [6, 6.07) is 5.08. The third kappa shape index (κ3) is 4.89. The van der Waals surface area contributed by atoms with Crippen LogP contribution >= 0.6 is 0 Å². The summed E-state index contributed by atoms with van der Waals surface area (Å²) >= 11 is 0. The number of sulfonamides is 1. The molecule has 0 spiro atoms. The zero-order valence-corrected chi connectivity index (χ0v) is 17.2. The second-order valence-electron chi connectivity index (χ2n) is 7.71. The number of amides is 1. The lowest BCUT2D eigenvalue weighted by atomic mass is 9.99. The average molecular weight is 394 g/mol. The van der Waals surface area contributed by atoms with Gasteiger partial charge in [0.2, 0.25) is 15.9 Å². The van der Waals surface area contributed by atoms with E-state index >= 15 is 0 Å². The number of nitrogens with one attached hydrogen (secondary N) is 1. The number of hydrogen-bond acceptors (Lipinski definition) is 4. The molecule has 1 N–H and O–H groups in total. The highest BCUT2D eigenvalue weighted by molar-refractivity contribution is 7.89. The topological polar surface area (TPSA) is 69.7 Å². The standard InChI is InChI=1S/C20H31N3O3S/c1-3-20(24)23-14-9-17-15-18(5-6-19(17)23)27(25,26)21-10-4-11-22-12-7-16(2)8-13-22/h5-6,15-16,21H,3-4,7-14H2,1-2H3. The van der Waals surface area contributed by atoms with Crippen LogP contribution in [0.5, 0.6) is 0 Å². The molecule has 0 radical (unpaired) electrons. The maximum Gasteiger partial charge on any atom is 0.240 e. The Balaban J connectivity index is 1.54. The van der Waals surface area contributed by atoms with E-state index in [9.17, 15) is 13.2 Å². The van der Waals surface area contributed by atoms with E-state index in [4.69, 9.17) is 0 Å². The highest BCUT2D eigenvalue weighted by Gasteiger charge is 2.25. The maximum absolute atomic E-state index is 12.6. The van der Waals surface area contributed by atoms with E-state index in [0.29, 0.717) is 30.8 Å². The fourth-order valence-electron chi connectivity index (χ4n) is 3.87. The molecule has 0 aromatic heterocycles. The van der Waals surface area contributed by atoms with E-state index in [1.54, 1.807) is 23.1 Å². The minimum atomic E-state index is -3.51. The number of anilines is 1. The van der Waals surface area contributed by atoms with Gasteiger partial charge in [-0.2, -0.15) is 0 Å². The van der Waals surface area contributed by atoms with Crippen LogP contribution in [0.3, 0.4) is 0 Å². The van der Waals surface area contributed by atoms with E-state index in [1.165, 1.54) is 12.8 Å². The van der Waals surface area contributed by atoms with Crippen molar-refractivity contribution in [2.45, 2.75) is 50.8 Å². The van der Waals surface area contributed by atoms with Crippen molar-refractivity contribution < 1.29 is 13.2 Å². The van der Waals surface area contributed by atoms with Gasteiger partial charge in [0.15, 0.2) is 0 Å². The third-order valence-corrected chi connectivity index (χ3v) is 7.14. The minimum Gasteiger partial charge on any atom is -0.312 e. The number of carbonyl (C=O) groups is 1. The highest BCUT2D eigenvalue weighted by atomic mass is 32.2. The van der Waals surface area contributed by atoms with Gasteiger partial charge >= 0.3 is 0 Å². The molecule has 1 saturated heterocycles. The summed E-state index contributed by atoms with van der Waals surface area (Å²) in [6.07, 6.45) is 4.45. The van der Waals surface area contributed by atoms with Crippen LogP contribution in [-0.2, 0) is 21.2 Å². The van der Waals surface area contributed by atoms with Gasteiger partial charge in [0, 0.05) is 25.2 Å². The number of carbonyl (C=O) groups excluding carboxylic acids is 1. The van der Waals surface area contributed by atoms with E-state index in [1.807, 2.05) is 6.92 Å². The van der Waals surface area contributed by atoms with Crippen LogP contribution in [0.15, 0.2) is 23.1 Å². The molecule has 1 fully saturated rings. The summed E-state index contributed by atoms with van der Waals surface area (Å²) < 4.78 is 27.9. The normalized spacial score (nSPS) is 18.7. The zero-order chi connectivity index (χ0) is 19.4. The van der Waals surface area contributed by atoms with Crippen LogP contribution in [0.25, 0.3) is 0 Å². The van der Waals surface area contributed by atoms with Crippen LogP contribution in [0, 0.1) is 5.92 Å². The summed E-state index contributed by atoms with van der Waals surface area (Å²) in [5, 5.41) is 0. The van der Waals surface area contributed by atoms with Crippen LogP contribution < -0.4 is 9.62 Å². The molecule has 0 unspecified atom stereocenters. The Morgan fingerprint density at radius 1 is 1.22 bits per heavy atom. The summed E-state index contributed by atoms with van der Waals surface area (Å²) in [4.78, 5) is 16.4. The van der Waals surface area contributed by atoms with Gasteiger partial charge in [-0.3, -0.25) is 4.79 Å². The second-order valence-corrected chi connectivity index (χ2v) is 9.48. The highest BCUT2D eigenvalue weighted by Crippen LogP contribution is 2.30. The number of piperidine rings is 1. The molecular formula is C20H31N3O3S. The van der Waals surface area contributed by atoms with E-state index in [-0.39, 0.29) is 5.91 Å². The Hall–Kier alpha value is -1.44. The number of hydrogen-bond donors (Lipinski definition) is 1. The predicted octanol–water partition coefficient (Wildman–Crippen LogP) is 2.39. The fraction of sp³-hybridized carbons (Fsp3) is 0.650. The summed E-state index contributed by atoms with van der Waals surface area (Å²) in [6.45, 7) is 8.39. The molecule has 150 valence electrons. The first-order valence-corrected chi connectivity index (χ1v) is 11.5. The number of likely N-dealkylation sites (tertiary alicyclic amines) is 1. The van der Waals surface area contributed by atoms with Crippen molar-refractivity contribution in [1.29, 1.82) is 0 Å². The van der Waals surface area contributed by atoms with Crippen molar-refractivity contribution in [2.24, 2.45) is 5.92 Å². The van der Waals surface area contributed by atoms with Gasteiger partial charge in [0.05, 0.1) is 4.90 Å². The molecule has 1 amide bonds. The number of fused-ring (bicyclic) bond motifs is 1. The molecule has 0 atom stereocenters. The Morgan fingerprint density at radius 2 is 1.96 bits per heavy atom. The fourth-order valence-corrected chi connectivity index (χ4v) is 5.00. The SMILES string of the molecule is CCC(=O)N1CCc2cc(S(=O)(=O)NCCCN3CCC(C)CC3)ccc21. The molecule has 3 rings (SSSR count). The first-order chi connectivity index (χ1) is 12.9. The minimum absolute atomic E-state index is 0.0783. The molecule has 2 aliphatic rings. The largest absolute Gasteiger partial charge is 0.312 e. The van der Waals surface area contributed by atoms with Gasteiger partial charge in [0.1, 0.15) is 0 Å². The molecule has 0 saturated carbocycles. The summed E-state index contributed by atoms with van der Waals surface area (Å²) in [5.74, 6) is 0.887. The van der Waals surface area contributed by atoms with E-state index < -0.39 is 10.0 Å². The lowest BCUT2D eigenvalue weighted by Crippen LogP contribution is -2.35. The predicted molar refractivity (Wildman–Crippen MR) is 107 cm³/mol. The number of rotatable bonds is 7. The Bertz CT molecular complexity index is 771. The first kappa shape index (κ1) is 20.3. The van der Waals surface area contributed by atoms with Crippen LogP contribution in [0.1, 0.15) is 45.1 Å². The van der Waals surface area contributed by atoms with Gasteiger partial charge < -0.3 is 9.80 Å². The molecule has 27 heavy (non-hydrogen) atoms. The van der Waals surface area contributed by atoms with Crippen molar-refractivity contribution in [2.75, 3.05) is 37.6 Å². The van der Waals surface area contributed by atoms with Crippen molar-refractivity contribution in [3.05, 3.63) is 23.8 Å². The molecule has 0 aliphatic carbocycles. The van der Waals surface area contributed by atoms with E-state index in [2.05, 4.69) is 16.5 Å². The number of benzene rings is 1. The van der Waals surface area contributed by atoms with E-state index in [0.717, 1.165) is 43.2 Å². The maximum atomic E-state index is 12.6. The molecule has 6 nitrogen and oxygen atoms in total. The number of nitrogens with zero attached hydrogens (tertiary/aromatic N) is 2. The first-order valence-electron chi connectivity index (χ1n) is 10.1. The van der Waals surface area contributed by atoms with Crippen LogP contribution in [0.2, 0.25) is 0 Å². The molecule has 0 bridgehead atoms. The third-order valence-electron chi connectivity index (χ3n) is 5.68. The van der Waals surface area contributed by atoms with Crippen molar-refractivity contribution >= 4 is 21.6 Å². The van der Waals surface area contributed by atoms with Gasteiger partial charge in [-0.25, -0.2) is 13.1 Å². The Labute approximate surface area is 163 Å². The Kier molecular flexibility index (Phi) is 6.55. The van der Waals surface area contributed by atoms with Crippen LogP contribution in [0.4, 0.5) is 5.69 Å².